The molecule has 1 N–H and O–H groups in total. The van der Waals surface area contributed by atoms with Crippen LogP contribution in [-0.2, 0) is 17.8 Å². The third kappa shape index (κ3) is 4.31. The Morgan fingerprint density at radius 2 is 1.96 bits per heavy atom. The zero-order chi connectivity index (χ0) is 19.2. The van der Waals surface area contributed by atoms with Crippen molar-refractivity contribution >= 4 is 11.6 Å². The van der Waals surface area contributed by atoms with Crippen LogP contribution in [0.2, 0.25) is 0 Å². The first-order valence-electron chi connectivity index (χ1n) is 9.02. The average Bonchev–Trinajstić information content (AvgIpc) is 2.71. The highest BCUT2D eigenvalue weighted by atomic mass is 16.5. The van der Waals surface area contributed by atoms with E-state index in [1.54, 1.807) is 20.3 Å². The van der Waals surface area contributed by atoms with Crippen LogP contribution >= 0.6 is 0 Å². The van der Waals surface area contributed by atoms with Crippen molar-refractivity contribution in [3.63, 3.8) is 0 Å². The number of hydrogen-bond acceptors (Lipinski definition) is 6. The van der Waals surface area contributed by atoms with Crippen molar-refractivity contribution < 1.29 is 9.47 Å². The average molecular weight is 370 g/mol. The highest BCUT2D eigenvalue weighted by Gasteiger charge is 2.21. The molecule has 0 atom stereocenters. The van der Waals surface area contributed by atoms with Crippen LogP contribution in [0.3, 0.4) is 0 Å². The van der Waals surface area contributed by atoms with Crippen LogP contribution in [0.5, 0.6) is 5.75 Å². The Morgan fingerprint density at radius 3 is 2.63 bits per heavy atom. The molecule has 0 aliphatic carbocycles. The van der Waals surface area contributed by atoms with E-state index < -0.39 is 0 Å². The molecule has 0 bridgehead atoms. The number of rotatable bonds is 7. The van der Waals surface area contributed by atoms with Gasteiger partial charge in [0.05, 0.1) is 19.4 Å². The Labute approximate surface area is 159 Å². The quantitative estimate of drug-likeness (QED) is 0.752. The third-order valence-electron chi connectivity index (χ3n) is 4.72. The minimum atomic E-state index is -0.123. The predicted octanol–water partition coefficient (Wildman–Crippen LogP) is 1.98. The van der Waals surface area contributed by atoms with Crippen LogP contribution < -0.4 is 20.1 Å². The predicted molar refractivity (Wildman–Crippen MR) is 107 cm³/mol. The molecule has 3 rings (SSSR count). The number of benzene rings is 1. The lowest BCUT2D eigenvalue weighted by Gasteiger charge is -2.36. The highest BCUT2D eigenvalue weighted by molar-refractivity contribution is 5.52. The summed E-state index contributed by atoms with van der Waals surface area (Å²) in [6.45, 7) is 7.24. The molecule has 27 heavy (non-hydrogen) atoms. The van der Waals surface area contributed by atoms with Gasteiger partial charge in [0.25, 0.3) is 5.56 Å². The maximum Gasteiger partial charge on any atom is 0.256 e. The summed E-state index contributed by atoms with van der Waals surface area (Å²) in [5.74, 6) is 1.45. The zero-order valence-electron chi connectivity index (χ0n) is 15.9. The van der Waals surface area contributed by atoms with E-state index in [0.29, 0.717) is 30.2 Å². The van der Waals surface area contributed by atoms with Crippen LogP contribution in [0.25, 0.3) is 0 Å². The van der Waals surface area contributed by atoms with Crippen LogP contribution in [0.15, 0.2) is 41.7 Å². The minimum Gasteiger partial charge on any atom is -0.497 e. The Morgan fingerprint density at radius 1 is 1.22 bits per heavy atom. The molecule has 0 radical (unpaired) electrons. The number of piperazine rings is 1. The smallest absolute Gasteiger partial charge is 0.256 e. The summed E-state index contributed by atoms with van der Waals surface area (Å²) in [6.07, 6.45) is 2.18. The number of nitrogens with one attached hydrogen (secondary N) is 1. The lowest BCUT2D eigenvalue weighted by molar-refractivity contribution is 0.180. The van der Waals surface area contributed by atoms with Gasteiger partial charge in [0.15, 0.2) is 0 Å². The van der Waals surface area contributed by atoms with E-state index in [1.807, 2.05) is 18.2 Å². The van der Waals surface area contributed by atoms with Gasteiger partial charge in [-0.25, -0.2) is 4.98 Å². The van der Waals surface area contributed by atoms with E-state index in [1.165, 1.54) is 0 Å². The van der Waals surface area contributed by atoms with Crippen molar-refractivity contribution in [3.05, 3.63) is 58.5 Å². The second-order valence-electron chi connectivity index (χ2n) is 6.42. The fourth-order valence-electron chi connectivity index (χ4n) is 3.28. The second-order valence-corrected chi connectivity index (χ2v) is 6.42. The maximum absolute atomic E-state index is 12.5. The first-order valence-corrected chi connectivity index (χ1v) is 9.02. The Bertz CT molecular complexity index is 841. The molecule has 1 aromatic carbocycles. The summed E-state index contributed by atoms with van der Waals surface area (Å²) < 4.78 is 10.5. The molecular formula is C20H26N4O3. The standard InChI is InChI=1S/C20H26N4O3/c1-4-6-17-18(14-26-2)21-20(22-19(17)25)24-11-9-23(10-12-24)15-7-5-8-16(13-15)27-3/h4-5,7-8,13H,1,6,9-12,14H2,2-3H3,(H,21,22,25). The molecular weight excluding hydrogens is 344 g/mol. The van der Waals surface area contributed by atoms with Crippen molar-refractivity contribution in [1.29, 1.82) is 0 Å². The number of hydrogen-bond donors (Lipinski definition) is 1. The number of aromatic amines is 1. The van der Waals surface area contributed by atoms with Gasteiger partial charge in [-0.2, -0.15) is 0 Å². The number of aromatic nitrogens is 2. The molecule has 1 fully saturated rings. The van der Waals surface area contributed by atoms with Gasteiger partial charge in [-0.05, 0) is 18.6 Å². The molecule has 1 aliphatic heterocycles. The van der Waals surface area contributed by atoms with E-state index >= 15 is 0 Å². The minimum absolute atomic E-state index is 0.123. The van der Waals surface area contributed by atoms with E-state index in [4.69, 9.17) is 9.47 Å². The zero-order valence-corrected chi connectivity index (χ0v) is 15.9. The van der Waals surface area contributed by atoms with E-state index in [-0.39, 0.29) is 5.56 Å². The molecule has 0 saturated carbocycles. The number of nitrogens with zero attached hydrogens (tertiary/aromatic N) is 3. The molecule has 0 amide bonds. The van der Waals surface area contributed by atoms with Gasteiger partial charge >= 0.3 is 0 Å². The molecule has 7 nitrogen and oxygen atoms in total. The molecule has 1 aliphatic rings. The molecule has 1 saturated heterocycles. The maximum atomic E-state index is 12.5. The Kier molecular flexibility index (Phi) is 6.13. The fourth-order valence-corrected chi connectivity index (χ4v) is 3.28. The largest absolute Gasteiger partial charge is 0.497 e. The first-order chi connectivity index (χ1) is 13.2. The van der Waals surface area contributed by atoms with Crippen molar-refractivity contribution in [2.24, 2.45) is 0 Å². The molecule has 0 unspecified atom stereocenters. The Hall–Kier alpha value is -2.80. The van der Waals surface area contributed by atoms with Gasteiger partial charge in [0.2, 0.25) is 5.95 Å². The number of methoxy groups -OCH3 is 2. The van der Waals surface area contributed by atoms with E-state index in [9.17, 15) is 4.79 Å². The summed E-state index contributed by atoms with van der Waals surface area (Å²) in [5, 5.41) is 0. The number of allylic oxidation sites excluding steroid dienone is 1. The summed E-state index contributed by atoms with van der Waals surface area (Å²) in [7, 11) is 3.28. The van der Waals surface area contributed by atoms with E-state index in [2.05, 4.69) is 32.4 Å². The molecule has 1 aromatic heterocycles. The number of ether oxygens (including phenoxy) is 2. The van der Waals surface area contributed by atoms with Gasteiger partial charge in [-0.3, -0.25) is 9.78 Å². The number of H-pyrrole nitrogens is 1. The van der Waals surface area contributed by atoms with Gasteiger partial charge in [0.1, 0.15) is 5.75 Å². The summed E-state index contributed by atoms with van der Waals surface area (Å²) in [6, 6.07) is 8.06. The van der Waals surface area contributed by atoms with Crippen LogP contribution in [-0.4, -0.2) is 50.4 Å². The fraction of sp³-hybridized carbons (Fsp3) is 0.400. The highest BCUT2D eigenvalue weighted by Crippen LogP contribution is 2.23. The normalized spacial score (nSPS) is 14.3. The Balaban J connectivity index is 1.75. The van der Waals surface area contributed by atoms with Crippen molar-refractivity contribution in [2.45, 2.75) is 13.0 Å². The van der Waals surface area contributed by atoms with Crippen molar-refractivity contribution in [2.75, 3.05) is 50.2 Å². The SMILES string of the molecule is C=CCc1c(COC)nc(N2CCN(c3cccc(OC)c3)CC2)[nH]c1=O. The van der Waals surface area contributed by atoms with Crippen molar-refractivity contribution in [3.8, 4) is 5.75 Å². The molecule has 144 valence electrons. The van der Waals surface area contributed by atoms with E-state index in [0.717, 1.165) is 37.6 Å². The lowest BCUT2D eigenvalue weighted by atomic mass is 10.1. The van der Waals surface area contributed by atoms with Gasteiger partial charge in [-0.15, -0.1) is 6.58 Å². The van der Waals surface area contributed by atoms with Crippen molar-refractivity contribution in [1.82, 2.24) is 9.97 Å². The third-order valence-corrected chi connectivity index (χ3v) is 4.72. The summed E-state index contributed by atoms with van der Waals surface area (Å²) >= 11 is 0. The van der Waals surface area contributed by atoms with Gasteiger partial charge in [0, 0.05) is 50.6 Å². The molecule has 0 spiro atoms. The lowest BCUT2D eigenvalue weighted by Crippen LogP contribution is -2.47. The van der Waals surface area contributed by atoms with Gasteiger partial charge in [-0.1, -0.05) is 12.1 Å². The summed E-state index contributed by atoms with van der Waals surface area (Å²) in [5.41, 5.74) is 2.30. The van der Waals surface area contributed by atoms with Crippen LogP contribution in [0.4, 0.5) is 11.6 Å². The molecule has 2 heterocycles. The first kappa shape index (κ1) is 19.0. The topological polar surface area (TPSA) is 70.7 Å². The second kappa shape index (κ2) is 8.73. The monoisotopic (exact) mass is 370 g/mol. The summed E-state index contributed by atoms with van der Waals surface area (Å²) in [4.78, 5) is 24.5. The van der Waals surface area contributed by atoms with Crippen LogP contribution in [0, 0.1) is 0 Å². The molecule has 7 heteroatoms. The van der Waals surface area contributed by atoms with Gasteiger partial charge < -0.3 is 19.3 Å². The van der Waals surface area contributed by atoms with Crippen LogP contribution in [0.1, 0.15) is 11.3 Å². The number of anilines is 2. The molecule has 2 aromatic rings.